The van der Waals surface area contributed by atoms with E-state index in [2.05, 4.69) is 28.9 Å². The van der Waals surface area contributed by atoms with Crippen LogP contribution in [-0.2, 0) is 11.2 Å². The summed E-state index contributed by atoms with van der Waals surface area (Å²) >= 11 is 0. The zero-order valence-corrected chi connectivity index (χ0v) is 20.5. The number of benzene rings is 1. The van der Waals surface area contributed by atoms with Crippen molar-refractivity contribution in [2.45, 2.75) is 76.7 Å². The lowest BCUT2D eigenvalue weighted by Crippen LogP contribution is -2.52. The number of piperidine rings is 2. The molecule has 34 heavy (non-hydrogen) atoms. The van der Waals surface area contributed by atoms with Crippen LogP contribution >= 0.6 is 0 Å². The van der Waals surface area contributed by atoms with Crippen LogP contribution in [0.15, 0.2) is 42.5 Å². The van der Waals surface area contributed by atoms with Gasteiger partial charge < -0.3 is 9.80 Å². The van der Waals surface area contributed by atoms with Crippen LogP contribution in [-0.4, -0.2) is 52.9 Å². The molecule has 1 amide bonds. The Labute approximate surface area is 203 Å². The molecule has 2 aromatic rings. The van der Waals surface area contributed by atoms with Crippen molar-refractivity contribution >= 4 is 5.91 Å². The van der Waals surface area contributed by atoms with E-state index in [9.17, 15) is 9.18 Å². The van der Waals surface area contributed by atoms with Crippen molar-refractivity contribution in [1.82, 2.24) is 14.8 Å². The van der Waals surface area contributed by atoms with E-state index in [1.807, 2.05) is 18.2 Å². The van der Waals surface area contributed by atoms with Gasteiger partial charge in [-0.25, -0.2) is 4.39 Å². The summed E-state index contributed by atoms with van der Waals surface area (Å²) in [5.74, 6) is 0.425. The Morgan fingerprint density at radius 3 is 2.47 bits per heavy atom. The van der Waals surface area contributed by atoms with Gasteiger partial charge in [0.1, 0.15) is 5.82 Å². The van der Waals surface area contributed by atoms with Gasteiger partial charge in [0, 0.05) is 48.3 Å². The lowest BCUT2D eigenvalue weighted by molar-refractivity contribution is -0.145. The predicted molar refractivity (Wildman–Crippen MR) is 133 cm³/mol. The summed E-state index contributed by atoms with van der Waals surface area (Å²) in [6.07, 6.45) is 10.2. The van der Waals surface area contributed by atoms with Crippen LogP contribution in [0.1, 0.15) is 81.2 Å². The predicted octanol–water partition coefficient (Wildman–Crippen LogP) is 5.56. The second kappa shape index (κ2) is 10.2. The lowest BCUT2D eigenvalue weighted by Gasteiger charge is -2.44. The number of nitrogens with zero attached hydrogens (tertiary/aromatic N) is 3. The zero-order chi connectivity index (χ0) is 23.5. The molecule has 0 bridgehead atoms. The van der Waals surface area contributed by atoms with Crippen molar-refractivity contribution in [3.05, 3.63) is 65.2 Å². The van der Waals surface area contributed by atoms with Crippen molar-refractivity contribution in [3.63, 3.8) is 0 Å². The van der Waals surface area contributed by atoms with Crippen LogP contribution in [0.2, 0.25) is 0 Å². The first-order valence-corrected chi connectivity index (χ1v) is 13.2. The first-order valence-electron chi connectivity index (χ1n) is 13.2. The van der Waals surface area contributed by atoms with Gasteiger partial charge in [-0.3, -0.25) is 9.78 Å². The smallest absolute Gasteiger partial charge is 0.228 e. The van der Waals surface area contributed by atoms with Gasteiger partial charge in [-0.05, 0) is 81.4 Å². The van der Waals surface area contributed by atoms with Crippen LogP contribution < -0.4 is 0 Å². The van der Waals surface area contributed by atoms with Gasteiger partial charge in [-0.1, -0.05) is 38.0 Å². The fourth-order valence-corrected chi connectivity index (χ4v) is 6.29. The van der Waals surface area contributed by atoms with E-state index in [1.165, 1.54) is 37.8 Å². The average molecular weight is 464 g/mol. The van der Waals surface area contributed by atoms with Gasteiger partial charge in [0.05, 0.1) is 0 Å². The van der Waals surface area contributed by atoms with E-state index in [4.69, 9.17) is 4.98 Å². The molecule has 1 aromatic heterocycles. The lowest BCUT2D eigenvalue weighted by atomic mass is 9.78. The minimum atomic E-state index is -0.227. The molecular weight excluding hydrogens is 425 g/mol. The summed E-state index contributed by atoms with van der Waals surface area (Å²) in [5.41, 5.74) is 2.91. The Hall–Kier alpha value is -2.27. The van der Waals surface area contributed by atoms with Gasteiger partial charge in [0.2, 0.25) is 5.91 Å². The fraction of sp³-hybridized carbons (Fsp3) is 0.586. The van der Waals surface area contributed by atoms with Gasteiger partial charge in [-0.15, -0.1) is 0 Å². The van der Waals surface area contributed by atoms with Crippen molar-refractivity contribution in [1.29, 1.82) is 0 Å². The molecule has 0 spiro atoms. The van der Waals surface area contributed by atoms with Gasteiger partial charge >= 0.3 is 0 Å². The Balaban J connectivity index is 1.21. The molecule has 0 unspecified atom stereocenters. The topological polar surface area (TPSA) is 36.4 Å². The van der Waals surface area contributed by atoms with E-state index < -0.39 is 0 Å². The molecule has 3 fully saturated rings. The van der Waals surface area contributed by atoms with Crippen molar-refractivity contribution < 1.29 is 9.18 Å². The summed E-state index contributed by atoms with van der Waals surface area (Å²) in [5, 5.41) is 0. The molecule has 0 N–H and O–H groups in total. The maximum atomic E-state index is 13.7. The molecule has 1 atom stereocenters. The molecule has 1 saturated carbocycles. The van der Waals surface area contributed by atoms with Gasteiger partial charge in [-0.2, -0.15) is 0 Å². The van der Waals surface area contributed by atoms with Crippen molar-refractivity contribution in [2.75, 3.05) is 26.2 Å². The molecule has 5 heteroatoms. The maximum Gasteiger partial charge on any atom is 0.228 e. The molecule has 4 nitrogen and oxygen atoms in total. The van der Waals surface area contributed by atoms with E-state index in [0.717, 1.165) is 74.9 Å². The Bertz CT molecular complexity index is 977. The fourth-order valence-electron chi connectivity index (χ4n) is 6.29. The van der Waals surface area contributed by atoms with Gasteiger partial charge in [0.25, 0.3) is 0 Å². The monoisotopic (exact) mass is 463 g/mol. The number of rotatable bonds is 5. The Morgan fingerprint density at radius 1 is 1.00 bits per heavy atom. The number of aromatic nitrogens is 1. The van der Waals surface area contributed by atoms with Crippen LogP contribution in [0.5, 0.6) is 0 Å². The zero-order valence-electron chi connectivity index (χ0n) is 20.5. The van der Waals surface area contributed by atoms with Crippen LogP contribution in [0, 0.1) is 11.2 Å². The molecule has 182 valence electrons. The van der Waals surface area contributed by atoms with E-state index in [0.29, 0.717) is 12.3 Å². The highest BCUT2D eigenvalue weighted by Gasteiger charge is 2.42. The van der Waals surface area contributed by atoms with Crippen molar-refractivity contribution in [2.24, 2.45) is 5.41 Å². The summed E-state index contributed by atoms with van der Waals surface area (Å²) in [4.78, 5) is 23.4. The average Bonchev–Trinajstić information content (AvgIpc) is 3.41. The third kappa shape index (κ3) is 5.19. The highest BCUT2D eigenvalue weighted by atomic mass is 19.1. The minimum absolute atomic E-state index is 0.213. The number of amides is 1. The number of halogens is 1. The SMILES string of the molecule is CC1(C(=O)N2CCC[C@H](c3cccc(Cc4ccc(F)cc4)n3)C2)CCN(C2CCCC2)CC1. The van der Waals surface area contributed by atoms with Crippen molar-refractivity contribution in [3.8, 4) is 0 Å². The Morgan fingerprint density at radius 2 is 1.74 bits per heavy atom. The summed E-state index contributed by atoms with van der Waals surface area (Å²) in [6, 6.07) is 13.6. The minimum Gasteiger partial charge on any atom is -0.342 e. The van der Waals surface area contributed by atoms with Crippen LogP contribution in [0.3, 0.4) is 0 Å². The van der Waals surface area contributed by atoms with Gasteiger partial charge in [0.15, 0.2) is 0 Å². The maximum absolute atomic E-state index is 13.7. The molecular formula is C29H38FN3O. The largest absolute Gasteiger partial charge is 0.342 e. The summed E-state index contributed by atoms with van der Waals surface area (Å²) < 4.78 is 13.2. The van der Waals surface area contributed by atoms with E-state index >= 15 is 0 Å². The molecule has 0 radical (unpaired) electrons. The summed E-state index contributed by atoms with van der Waals surface area (Å²) in [7, 11) is 0. The highest BCUT2D eigenvalue weighted by Crippen LogP contribution is 2.38. The highest BCUT2D eigenvalue weighted by molar-refractivity contribution is 5.82. The number of likely N-dealkylation sites (tertiary alicyclic amines) is 2. The van der Waals surface area contributed by atoms with E-state index in [-0.39, 0.29) is 17.2 Å². The van der Waals surface area contributed by atoms with E-state index in [1.54, 1.807) is 0 Å². The number of carbonyl (C=O) groups is 1. The number of hydrogen-bond donors (Lipinski definition) is 0. The number of carbonyl (C=O) groups excluding carboxylic acids is 1. The standard InChI is InChI=1S/C29H38FN3O/c1-29(15-18-32(19-16-29)26-8-2-3-9-26)28(34)33-17-5-6-23(21-33)27-10-4-7-25(31-27)20-22-11-13-24(30)14-12-22/h4,7,10-14,23,26H,2-3,5-6,8-9,15-21H2,1H3/t23-/m0/s1. The number of pyridine rings is 1. The third-order valence-corrected chi connectivity index (χ3v) is 8.51. The third-order valence-electron chi connectivity index (χ3n) is 8.51. The number of hydrogen-bond acceptors (Lipinski definition) is 3. The molecule has 2 saturated heterocycles. The Kier molecular flexibility index (Phi) is 7.01. The first kappa shape index (κ1) is 23.5. The molecule has 2 aliphatic heterocycles. The molecule has 1 aromatic carbocycles. The molecule has 3 aliphatic rings. The second-order valence-electron chi connectivity index (χ2n) is 11.0. The normalized spacial score (nSPS) is 23.8. The molecule has 3 heterocycles. The first-order chi connectivity index (χ1) is 16.5. The van der Waals surface area contributed by atoms with Crippen LogP contribution in [0.4, 0.5) is 4.39 Å². The molecule has 5 rings (SSSR count). The second-order valence-corrected chi connectivity index (χ2v) is 11.0. The molecule has 1 aliphatic carbocycles. The van der Waals surface area contributed by atoms with Crippen LogP contribution in [0.25, 0.3) is 0 Å². The quantitative estimate of drug-likeness (QED) is 0.582. The summed E-state index contributed by atoms with van der Waals surface area (Å²) in [6.45, 7) is 5.97.